The predicted octanol–water partition coefficient (Wildman–Crippen LogP) is 3.39. The van der Waals surface area contributed by atoms with Crippen molar-refractivity contribution in [1.82, 2.24) is 14.0 Å². The second kappa shape index (κ2) is 12.2. The average molecular weight is 615 g/mol. The zero-order chi connectivity index (χ0) is 31.0. The molecule has 0 aliphatic carbocycles. The van der Waals surface area contributed by atoms with Crippen molar-refractivity contribution in [3.63, 3.8) is 0 Å². The van der Waals surface area contributed by atoms with Crippen molar-refractivity contribution < 1.29 is 23.8 Å². The molecule has 10 nitrogen and oxygen atoms in total. The van der Waals surface area contributed by atoms with Gasteiger partial charge in [0.15, 0.2) is 4.80 Å². The molecule has 11 heteroatoms. The first-order valence-electron chi connectivity index (χ1n) is 14.6. The molecule has 6 rings (SSSR count). The van der Waals surface area contributed by atoms with E-state index in [1.165, 1.54) is 23.0 Å². The van der Waals surface area contributed by atoms with E-state index >= 15 is 0 Å². The molecule has 2 aromatic carbocycles. The number of hydrogen-bond donors (Lipinski definition) is 0. The van der Waals surface area contributed by atoms with Gasteiger partial charge in [-0.05, 0) is 51.0 Å². The number of fused-ring (bicyclic) bond motifs is 2. The number of para-hydroxylation sites is 1. The highest BCUT2D eigenvalue weighted by atomic mass is 32.1. The highest BCUT2D eigenvalue weighted by Crippen LogP contribution is 2.37. The Balaban J connectivity index is 1.51. The number of esters is 1. The van der Waals surface area contributed by atoms with Gasteiger partial charge in [0.1, 0.15) is 24.1 Å². The first-order valence-corrected chi connectivity index (χ1v) is 15.4. The van der Waals surface area contributed by atoms with Crippen LogP contribution in [0.3, 0.4) is 0 Å². The molecule has 0 N–H and O–H groups in total. The number of methoxy groups -OCH3 is 2. The maximum absolute atomic E-state index is 14.2. The second-order valence-electron chi connectivity index (χ2n) is 10.7. The van der Waals surface area contributed by atoms with Gasteiger partial charge in [0.05, 0.1) is 36.6 Å². The molecule has 0 bridgehead atoms. The Morgan fingerprint density at radius 2 is 1.86 bits per heavy atom. The lowest BCUT2D eigenvalue weighted by Crippen LogP contribution is -2.40. The van der Waals surface area contributed by atoms with E-state index < -0.39 is 12.0 Å². The number of aromatic nitrogens is 2. The molecule has 2 aliphatic rings. The van der Waals surface area contributed by atoms with Gasteiger partial charge in [-0.25, -0.2) is 9.79 Å². The summed E-state index contributed by atoms with van der Waals surface area (Å²) in [6, 6.07) is 12.3. The fraction of sp³-hybridized carbons (Fsp3) is 0.333. The molecule has 1 amide bonds. The highest BCUT2D eigenvalue weighted by molar-refractivity contribution is 7.07. The summed E-state index contributed by atoms with van der Waals surface area (Å²) in [7, 11) is 3.09. The molecule has 1 saturated heterocycles. The standard InChI is InChI=1S/C33H34N4O6S/c1-5-43-32(40)29-20(2)34-33-37(30(29)24-13-12-22(41-3)17-26(24)42-4)31(39)27(44-33)16-21-18-36(25-11-7-6-10-23(21)25)19-28(38)35-14-8-9-15-35/h6-7,10-13,16-18,30H,5,8-9,14-15,19H2,1-4H3/b27-16+/t30-/m0/s1. The largest absolute Gasteiger partial charge is 0.497 e. The summed E-state index contributed by atoms with van der Waals surface area (Å²) in [6.07, 6.45) is 5.83. The minimum atomic E-state index is -0.826. The summed E-state index contributed by atoms with van der Waals surface area (Å²) < 4.78 is 20.5. The number of likely N-dealkylation sites (tertiary alicyclic amines) is 1. The van der Waals surface area contributed by atoms with Gasteiger partial charge in [-0.2, -0.15) is 0 Å². The van der Waals surface area contributed by atoms with E-state index in [0.717, 1.165) is 42.4 Å². The summed E-state index contributed by atoms with van der Waals surface area (Å²) >= 11 is 1.25. The Labute approximate surface area is 258 Å². The monoisotopic (exact) mass is 614 g/mol. The van der Waals surface area contributed by atoms with Crippen LogP contribution in [-0.2, 0) is 20.9 Å². The minimum absolute atomic E-state index is 0.0876. The number of thiazole rings is 1. The molecule has 1 atom stereocenters. The van der Waals surface area contributed by atoms with E-state index in [4.69, 9.17) is 14.2 Å². The molecule has 4 heterocycles. The summed E-state index contributed by atoms with van der Waals surface area (Å²) in [4.78, 5) is 47.6. The number of amides is 1. The zero-order valence-electron chi connectivity index (χ0n) is 25.2. The van der Waals surface area contributed by atoms with Crippen LogP contribution in [0.1, 0.15) is 43.9 Å². The van der Waals surface area contributed by atoms with Crippen LogP contribution >= 0.6 is 11.3 Å². The van der Waals surface area contributed by atoms with E-state index in [1.807, 2.05) is 46.0 Å². The van der Waals surface area contributed by atoms with Crippen molar-refractivity contribution in [2.75, 3.05) is 33.9 Å². The lowest BCUT2D eigenvalue weighted by atomic mass is 9.95. The molecule has 2 aliphatic heterocycles. The highest BCUT2D eigenvalue weighted by Gasteiger charge is 2.35. The van der Waals surface area contributed by atoms with Gasteiger partial charge in [-0.1, -0.05) is 29.5 Å². The number of rotatable bonds is 8. The van der Waals surface area contributed by atoms with Crippen molar-refractivity contribution in [3.05, 3.63) is 90.7 Å². The van der Waals surface area contributed by atoms with Crippen LogP contribution in [0.4, 0.5) is 0 Å². The van der Waals surface area contributed by atoms with Crippen molar-refractivity contribution in [2.45, 2.75) is 39.3 Å². The fourth-order valence-corrected chi connectivity index (χ4v) is 7.04. The first-order chi connectivity index (χ1) is 21.3. The van der Waals surface area contributed by atoms with Crippen LogP contribution in [0, 0.1) is 0 Å². The van der Waals surface area contributed by atoms with Crippen molar-refractivity contribution in [3.8, 4) is 11.5 Å². The third-order valence-electron chi connectivity index (χ3n) is 8.12. The molecule has 44 heavy (non-hydrogen) atoms. The summed E-state index contributed by atoms with van der Waals surface area (Å²) in [5.41, 5.74) is 2.79. The number of allylic oxidation sites excluding steroid dienone is 1. The fourth-order valence-electron chi connectivity index (χ4n) is 6.00. The lowest BCUT2D eigenvalue weighted by molar-refractivity contribution is -0.139. The number of benzene rings is 2. The van der Waals surface area contributed by atoms with Crippen molar-refractivity contribution in [1.29, 1.82) is 0 Å². The van der Waals surface area contributed by atoms with E-state index in [9.17, 15) is 14.4 Å². The Morgan fingerprint density at radius 3 is 2.59 bits per heavy atom. The van der Waals surface area contributed by atoms with Crippen LogP contribution in [0.15, 0.2) is 69.7 Å². The van der Waals surface area contributed by atoms with Gasteiger partial charge in [-0.3, -0.25) is 14.2 Å². The SMILES string of the molecule is CCOC(=O)C1=C(C)N=c2s/c(=C/c3cn(CC(=O)N4CCCC4)c4ccccc34)c(=O)n2[C@H]1c1ccc(OC)cc1OC. The van der Waals surface area contributed by atoms with E-state index in [1.54, 1.807) is 39.2 Å². The number of carbonyl (C=O) groups excluding carboxylic acids is 2. The topological polar surface area (TPSA) is 104 Å². The third-order valence-corrected chi connectivity index (χ3v) is 9.11. The van der Waals surface area contributed by atoms with Gasteiger partial charge in [0.2, 0.25) is 5.91 Å². The second-order valence-corrected chi connectivity index (χ2v) is 11.7. The molecule has 0 saturated carbocycles. The molecule has 2 aromatic heterocycles. The van der Waals surface area contributed by atoms with Crippen LogP contribution in [0.25, 0.3) is 17.0 Å². The Hall–Kier alpha value is -4.64. The number of nitrogens with zero attached hydrogens (tertiary/aromatic N) is 4. The molecular weight excluding hydrogens is 580 g/mol. The van der Waals surface area contributed by atoms with Gasteiger partial charge < -0.3 is 23.7 Å². The van der Waals surface area contributed by atoms with Crippen LogP contribution in [0.2, 0.25) is 0 Å². The summed E-state index contributed by atoms with van der Waals surface area (Å²) in [5, 5.41) is 0.935. The molecule has 0 unspecified atom stereocenters. The lowest BCUT2D eigenvalue weighted by Gasteiger charge is -2.26. The number of hydrogen-bond acceptors (Lipinski definition) is 8. The Bertz CT molecular complexity index is 1980. The van der Waals surface area contributed by atoms with Crippen LogP contribution < -0.4 is 24.4 Å². The van der Waals surface area contributed by atoms with Crippen molar-refractivity contribution in [2.24, 2.45) is 4.99 Å². The minimum Gasteiger partial charge on any atom is -0.497 e. The molecule has 0 spiro atoms. The molecule has 0 radical (unpaired) electrons. The van der Waals surface area contributed by atoms with Crippen LogP contribution in [0.5, 0.6) is 11.5 Å². The van der Waals surface area contributed by atoms with Crippen molar-refractivity contribution >= 4 is 40.2 Å². The molecule has 1 fully saturated rings. The number of carbonyl (C=O) groups is 2. The Morgan fingerprint density at radius 1 is 1.09 bits per heavy atom. The molecule has 4 aromatic rings. The smallest absolute Gasteiger partial charge is 0.338 e. The molecular formula is C33H34N4O6S. The first kappa shape index (κ1) is 29.4. The van der Waals surface area contributed by atoms with Gasteiger partial charge >= 0.3 is 5.97 Å². The summed E-state index contributed by atoms with van der Waals surface area (Å²) in [5.74, 6) is 0.586. The average Bonchev–Trinajstić information content (AvgIpc) is 3.76. The third kappa shape index (κ3) is 5.21. The Kier molecular flexibility index (Phi) is 8.13. The van der Waals surface area contributed by atoms with Crippen LogP contribution in [-0.4, -0.2) is 59.8 Å². The number of ether oxygens (including phenoxy) is 3. The van der Waals surface area contributed by atoms with Gasteiger partial charge in [0.25, 0.3) is 5.56 Å². The maximum Gasteiger partial charge on any atom is 0.338 e. The van der Waals surface area contributed by atoms with E-state index in [-0.39, 0.29) is 30.2 Å². The maximum atomic E-state index is 14.2. The van der Waals surface area contributed by atoms with Gasteiger partial charge in [0, 0.05) is 47.4 Å². The van der Waals surface area contributed by atoms with E-state index in [0.29, 0.717) is 32.1 Å². The normalized spacial score (nSPS) is 16.7. The molecule has 228 valence electrons. The van der Waals surface area contributed by atoms with Gasteiger partial charge in [-0.15, -0.1) is 0 Å². The quantitative estimate of drug-likeness (QED) is 0.282. The van der Waals surface area contributed by atoms with E-state index in [2.05, 4.69) is 4.99 Å². The zero-order valence-corrected chi connectivity index (χ0v) is 26.0. The predicted molar refractivity (Wildman–Crippen MR) is 168 cm³/mol. The summed E-state index contributed by atoms with van der Waals surface area (Å²) in [6.45, 7) is 5.48.